The van der Waals surface area contributed by atoms with E-state index in [4.69, 9.17) is 0 Å². The van der Waals surface area contributed by atoms with Crippen molar-refractivity contribution in [2.75, 3.05) is 37.2 Å². The van der Waals surface area contributed by atoms with E-state index in [0.29, 0.717) is 31.9 Å². The Morgan fingerprint density at radius 1 is 1.00 bits per heavy atom. The molecule has 0 radical (unpaired) electrons. The molecule has 32 heavy (non-hydrogen) atoms. The highest BCUT2D eigenvalue weighted by Gasteiger charge is 2.24. The first-order valence-electron chi connectivity index (χ1n) is 10.6. The summed E-state index contributed by atoms with van der Waals surface area (Å²) < 4.78 is 2.03. The summed E-state index contributed by atoms with van der Waals surface area (Å²) in [5.41, 5.74) is 4.22. The summed E-state index contributed by atoms with van der Waals surface area (Å²) in [6.45, 7) is 6.26. The summed E-state index contributed by atoms with van der Waals surface area (Å²) >= 11 is 1.44. The summed E-state index contributed by atoms with van der Waals surface area (Å²) in [6.07, 6.45) is 3.69. The molecule has 2 aromatic carbocycles. The summed E-state index contributed by atoms with van der Waals surface area (Å²) in [5, 5.41) is 3.69. The van der Waals surface area contributed by atoms with Crippen LogP contribution < -0.4 is 5.32 Å². The number of hydrogen-bond acceptors (Lipinski definition) is 4. The van der Waals surface area contributed by atoms with Crippen molar-refractivity contribution < 1.29 is 9.59 Å². The van der Waals surface area contributed by atoms with Crippen LogP contribution in [0.5, 0.6) is 0 Å². The second kappa shape index (κ2) is 9.91. The standard InChI is InChI=1S/C24H27N5O2S/c1-18-8-9-21(19(2)16-18)29-11-10-25-24(29)32-17-22(30)27-12-14-28(15-13-27)23(31)26-20-6-4-3-5-7-20/h3-11,16H,12-15,17H2,1-2H3,(H,26,31). The molecule has 1 N–H and O–H groups in total. The van der Waals surface area contributed by atoms with Gasteiger partial charge in [-0.05, 0) is 37.6 Å². The molecule has 0 aliphatic carbocycles. The Hall–Kier alpha value is -3.26. The van der Waals surface area contributed by atoms with Gasteiger partial charge in [-0.1, -0.05) is 47.7 Å². The number of piperazine rings is 1. The molecule has 7 nitrogen and oxygen atoms in total. The van der Waals surface area contributed by atoms with Gasteiger partial charge in [-0.25, -0.2) is 9.78 Å². The van der Waals surface area contributed by atoms with Crippen molar-refractivity contribution in [3.8, 4) is 5.69 Å². The number of urea groups is 1. The van der Waals surface area contributed by atoms with Crippen LogP contribution in [-0.4, -0.2) is 63.2 Å². The number of amides is 3. The number of imidazole rings is 1. The molecule has 3 aromatic rings. The third kappa shape index (κ3) is 5.13. The molecule has 166 valence electrons. The van der Waals surface area contributed by atoms with Gasteiger partial charge in [-0.2, -0.15) is 0 Å². The number of thioether (sulfide) groups is 1. The minimum Gasteiger partial charge on any atom is -0.338 e. The average Bonchev–Trinajstić information content (AvgIpc) is 3.26. The Morgan fingerprint density at radius 2 is 1.72 bits per heavy atom. The zero-order chi connectivity index (χ0) is 22.5. The van der Waals surface area contributed by atoms with Crippen LogP contribution in [-0.2, 0) is 4.79 Å². The van der Waals surface area contributed by atoms with Gasteiger partial charge >= 0.3 is 6.03 Å². The molecule has 0 unspecified atom stereocenters. The second-order valence-corrected chi connectivity index (χ2v) is 8.76. The van der Waals surface area contributed by atoms with E-state index < -0.39 is 0 Å². The van der Waals surface area contributed by atoms with E-state index in [1.807, 2.05) is 46.0 Å². The Kier molecular flexibility index (Phi) is 6.80. The Bertz CT molecular complexity index is 1090. The Labute approximate surface area is 192 Å². The molecular weight excluding hydrogens is 422 g/mol. The van der Waals surface area contributed by atoms with Gasteiger partial charge in [0.05, 0.1) is 11.4 Å². The summed E-state index contributed by atoms with van der Waals surface area (Å²) in [6, 6.07) is 15.6. The predicted octanol–water partition coefficient (Wildman–Crippen LogP) is 3.96. The number of carbonyl (C=O) groups excluding carboxylic acids is 2. The van der Waals surface area contributed by atoms with Crippen LogP contribution in [0.1, 0.15) is 11.1 Å². The molecule has 2 heterocycles. The van der Waals surface area contributed by atoms with Crippen LogP contribution in [0.4, 0.5) is 10.5 Å². The van der Waals surface area contributed by atoms with Crippen LogP contribution in [0.2, 0.25) is 0 Å². The molecule has 1 saturated heterocycles. The smallest absolute Gasteiger partial charge is 0.321 e. The van der Waals surface area contributed by atoms with E-state index in [9.17, 15) is 9.59 Å². The highest BCUT2D eigenvalue weighted by atomic mass is 32.2. The van der Waals surface area contributed by atoms with Gasteiger partial charge in [0, 0.05) is 44.3 Å². The first-order chi connectivity index (χ1) is 15.5. The van der Waals surface area contributed by atoms with Gasteiger partial charge in [0.1, 0.15) is 0 Å². The minimum atomic E-state index is -0.131. The van der Waals surface area contributed by atoms with E-state index in [0.717, 1.165) is 16.5 Å². The van der Waals surface area contributed by atoms with Gasteiger partial charge in [0.15, 0.2) is 5.16 Å². The van der Waals surface area contributed by atoms with Crippen LogP contribution in [0.3, 0.4) is 0 Å². The number of nitrogens with zero attached hydrogens (tertiary/aromatic N) is 4. The number of rotatable bonds is 5. The third-order valence-corrected chi connectivity index (χ3v) is 6.44. The topological polar surface area (TPSA) is 70.5 Å². The molecule has 1 fully saturated rings. The lowest BCUT2D eigenvalue weighted by Crippen LogP contribution is -2.52. The molecule has 1 aliphatic rings. The van der Waals surface area contributed by atoms with Gasteiger partial charge in [0.25, 0.3) is 0 Å². The van der Waals surface area contributed by atoms with E-state index in [1.54, 1.807) is 11.1 Å². The fraction of sp³-hybridized carbons (Fsp3) is 0.292. The summed E-state index contributed by atoms with van der Waals surface area (Å²) in [4.78, 5) is 33.2. The highest BCUT2D eigenvalue weighted by Crippen LogP contribution is 2.24. The molecule has 3 amide bonds. The first-order valence-corrected chi connectivity index (χ1v) is 11.6. The highest BCUT2D eigenvalue weighted by molar-refractivity contribution is 7.99. The Balaban J connectivity index is 1.29. The van der Waals surface area contributed by atoms with E-state index in [-0.39, 0.29) is 11.9 Å². The zero-order valence-corrected chi connectivity index (χ0v) is 19.1. The number of hydrogen-bond donors (Lipinski definition) is 1. The largest absolute Gasteiger partial charge is 0.338 e. The summed E-state index contributed by atoms with van der Waals surface area (Å²) in [5.74, 6) is 0.381. The molecular formula is C24H27N5O2S. The Morgan fingerprint density at radius 3 is 2.44 bits per heavy atom. The number of aryl methyl sites for hydroxylation is 2. The average molecular weight is 450 g/mol. The lowest BCUT2D eigenvalue weighted by molar-refractivity contribution is -0.129. The van der Waals surface area contributed by atoms with Crippen LogP contribution in [0.25, 0.3) is 5.69 Å². The number of aromatic nitrogens is 2. The lowest BCUT2D eigenvalue weighted by atomic mass is 10.1. The zero-order valence-electron chi connectivity index (χ0n) is 18.3. The number of benzene rings is 2. The van der Waals surface area contributed by atoms with E-state index >= 15 is 0 Å². The van der Waals surface area contributed by atoms with E-state index in [2.05, 4.69) is 42.3 Å². The maximum Gasteiger partial charge on any atom is 0.321 e. The fourth-order valence-electron chi connectivity index (χ4n) is 3.76. The molecule has 8 heteroatoms. The van der Waals surface area contributed by atoms with Crippen LogP contribution in [0, 0.1) is 13.8 Å². The molecule has 1 aromatic heterocycles. The van der Waals surface area contributed by atoms with Crippen molar-refractivity contribution >= 4 is 29.4 Å². The normalized spacial score (nSPS) is 13.8. The second-order valence-electron chi connectivity index (χ2n) is 7.82. The SMILES string of the molecule is Cc1ccc(-n2ccnc2SCC(=O)N2CCN(C(=O)Nc3ccccc3)CC2)c(C)c1. The van der Waals surface area contributed by atoms with Gasteiger partial charge < -0.3 is 15.1 Å². The molecule has 0 atom stereocenters. The first kappa shape index (κ1) is 22.0. The lowest BCUT2D eigenvalue weighted by Gasteiger charge is -2.34. The van der Waals surface area contributed by atoms with Crippen LogP contribution in [0.15, 0.2) is 66.1 Å². The van der Waals surface area contributed by atoms with Gasteiger partial charge in [-0.3, -0.25) is 9.36 Å². The van der Waals surface area contributed by atoms with E-state index in [1.165, 1.54) is 22.9 Å². The number of carbonyl (C=O) groups is 2. The molecule has 1 aliphatic heterocycles. The molecule has 0 spiro atoms. The molecule has 0 bridgehead atoms. The van der Waals surface area contributed by atoms with Crippen molar-refractivity contribution in [1.82, 2.24) is 19.4 Å². The quantitative estimate of drug-likeness (QED) is 0.599. The molecule has 0 saturated carbocycles. The number of anilines is 1. The van der Waals surface area contributed by atoms with Gasteiger partial charge in [-0.15, -0.1) is 0 Å². The maximum atomic E-state index is 12.8. The fourth-order valence-corrected chi connectivity index (χ4v) is 4.62. The van der Waals surface area contributed by atoms with Crippen molar-refractivity contribution in [2.45, 2.75) is 19.0 Å². The summed E-state index contributed by atoms with van der Waals surface area (Å²) in [7, 11) is 0. The van der Waals surface area contributed by atoms with Crippen molar-refractivity contribution in [1.29, 1.82) is 0 Å². The number of para-hydroxylation sites is 1. The monoisotopic (exact) mass is 449 g/mol. The van der Waals surface area contributed by atoms with Crippen LogP contribution >= 0.6 is 11.8 Å². The van der Waals surface area contributed by atoms with Gasteiger partial charge in [0.2, 0.25) is 5.91 Å². The third-order valence-electron chi connectivity index (χ3n) is 5.49. The van der Waals surface area contributed by atoms with Crippen molar-refractivity contribution in [3.63, 3.8) is 0 Å². The number of nitrogens with one attached hydrogen (secondary N) is 1. The predicted molar refractivity (Wildman–Crippen MR) is 127 cm³/mol. The van der Waals surface area contributed by atoms with Crippen molar-refractivity contribution in [3.05, 3.63) is 72.1 Å². The minimum absolute atomic E-state index is 0.0632. The molecule has 4 rings (SSSR count). The maximum absolute atomic E-state index is 12.8. The van der Waals surface area contributed by atoms with Crippen molar-refractivity contribution in [2.24, 2.45) is 0 Å².